The van der Waals surface area contributed by atoms with Gasteiger partial charge in [0.1, 0.15) is 12.4 Å². The van der Waals surface area contributed by atoms with E-state index < -0.39 is 45.1 Å². The van der Waals surface area contributed by atoms with Gasteiger partial charge in [-0.2, -0.15) is 18.3 Å². The van der Waals surface area contributed by atoms with Gasteiger partial charge in [-0.3, -0.25) is 9.10 Å². The average Bonchev–Trinajstić information content (AvgIpc) is 2.63. The van der Waals surface area contributed by atoms with Gasteiger partial charge < -0.3 is 0 Å². The molecule has 0 radical (unpaired) electrons. The fraction of sp³-hybridized carbons (Fsp3) is 0.222. The second-order valence-electron chi connectivity index (χ2n) is 6.17. The third kappa shape index (κ3) is 6.17. The van der Waals surface area contributed by atoms with Gasteiger partial charge >= 0.3 is 6.18 Å². The maximum Gasteiger partial charge on any atom is 0.417 e. The maximum absolute atomic E-state index is 13.1. The summed E-state index contributed by atoms with van der Waals surface area (Å²) in [6.45, 7) is 0.703. The molecule has 2 aromatic rings. The van der Waals surface area contributed by atoms with Gasteiger partial charge in [0.05, 0.1) is 28.2 Å². The minimum Gasteiger partial charge on any atom is -0.271 e. The van der Waals surface area contributed by atoms with Crippen molar-refractivity contribution < 1.29 is 30.8 Å². The van der Waals surface area contributed by atoms with Crippen molar-refractivity contribution in [2.45, 2.75) is 13.1 Å². The molecule has 0 aliphatic carbocycles. The highest BCUT2D eigenvalue weighted by Gasteiger charge is 2.34. The summed E-state index contributed by atoms with van der Waals surface area (Å²) in [4.78, 5) is 12.2. The van der Waals surface area contributed by atoms with Crippen LogP contribution in [0.2, 0.25) is 5.02 Å². The Bertz CT molecular complexity index is 1070. The standard InChI is InChI=1S/C18H16ClF4N3O3S/c1-11(12-3-5-13(20)6-4-12)24-25-17(27)10-26(30(2,28)29)14-7-8-16(19)15(9-14)18(21,22)23/h3-9H,10H2,1-2H3,(H,25,27)/b24-11-. The lowest BCUT2D eigenvalue weighted by atomic mass is 10.1. The number of hydrogen-bond acceptors (Lipinski definition) is 4. The predicted molar refractivity (Wildman–Crippen MR) is 105 cm³/mol. The summed E-state index contributed by atoms with van der Waals surface area (Å²) >= 11 is 5.55. The molecule has 0 bridgehead atoms. The first-order valence-electron chi connectivity index (χ1n) is 8.22. The van der Waals surface area contributed by atoms with Crippen LogP contribution in [0.1, 0.15) is 18.1 Å². The minimum absolute atomic E-state index is 0.306. The van der Waals surface area contributed by atoms with E-state index in [0.29, 0.717) is 21.6 Å². The van der Waals surface area contributed by atoms with Gasteiger partial charge in [-0.05, 0) is 42.8 Å². The molecule has 30 heavy (non-hydrogen) atoms. The zero-order valence-corrected chi connectivity index (χ0v) is 17.2. The zero-order valence-electron chi connectivity index (χ0n) is 15.7. The lowest BCUT2D eigenvalue weighted by Gasteiger charge is -2.22. The highest BCUT2D eigenvalue weighted by atomic mass is 35.5. The SMILES string of the molecule is C/C(=N/NC(=O)CN(c1ccc(Cl)c(C(F)(F)F)c1)S(C)(=O)=O)c1ccc(F)cc1. The fourth-order valence-corrected chi connectivity index (χ4v) is 3.43. The maximum atomic E-state index is 13.1. The Kier molecular flexibility index (Phi) is 7.09. The largest absolute Gasteiger partial charge is 0.417 e. The van der Waals surface area contributed by atoms with Crippen molar-refractivity contribution in [3.05, 3.63) is 64.4 Å². The Hall–Kier alpha value is -2.66. The molecule has 0 saturated carbocycles. The van der Waals surface area contributed by atoms with Gasteiger partial charge in [0.25, 0.3) is 5.91 Å². The number of carbonyl (C=O) groups is 1. The van der Waals surface area contributed by atoms with Crippen LogP contribution in [0.5, 0.6) is 0 Å². The summed E-state index contributed by atoms with van der Waals surface area (Å²) in [5, 5.41) is 3.19. The highest BCUT2D eigenvalue weighted by molar-refractivity contribution is 7.92. The van der Waals surface area contributed by atoms with Crippen LogP contribution >= 0.6 is 11.6 Å². The molecule has 0 saturated heterocycles. The molecule has 0 unspecified atom stereocenters. The molecule has 0 aromatic heterocycles. The molecule has 2 aromatic carbocycles. The van der Waals surface area contributed by atoms with E-state index in [-0.39, 0.29) is 5.69 Å². The van der Waals surface area contributed by atoms with Crippen molar-refractivity contribution in [2.75, 3.05) is 17.1 Å². The van der Waals surface area contributed by atoms with Crippen molar-refractivity contribution in [1.82, 2.24) is 5.43 Å². The van der Waals surface area contributed by atoms with Crippen LogP contribution in [0.3, 0.4) is 0 Å². The van der Waals surface area contributed by atoms with Crippen LogP contribution in [0.15, 0.2) is 47.6 Å². The molecule has 0 fully saturated rings. The Morgan fingerprint density at radius 1 is 1.17 bits per heavy atom. The number of hydrazone groups is 1. The fourth-order valence-electron chi connectivity index (χ4n) is 2.35. The van der Waals surface area contributed by atoms with Crippen LogP contribution in [0.25, 0.3) is 0 Å². The van der Waals surface area contributed by atoms with Gasteiger partial charge in [0.15, 0.2) is 0 Å². The van der Waals surface area contributed by atoms with Gasteiger partial charge in [0.2, 0.25) is 10.0 Å². The number of anilines is 1. The van der Waals surface area contributed by atoms with Crippen LogP contribution in [-0.4, -0.2) is 32.8 Å². The van der Waals surface area contributed by atoms with E-state index in [9.17, 15) is 30.8 Å². The third-order valence-corrected chi connectivity index (χ3v) is 5.31. The van der Waals surface area contributed by atoms with E-state index in [4.69, 9.17) is 11.6 Å². The Balaban J connectivity index is 2.24. The van der Waals surface area contributed by atoms with Crippen molar-refractivity contribution >= 4 is 38.9 Å². The normalized spacial score (nSPS) is 12.6. The molecule has 162 valence electrons. The van der Waals surface area contributed by atoms with Gasteiger partial charge in [-0.25, -0.2) is 18.2 Å². The molecule has 0 aliphatic heterocycles. The first-order valence-corrected chi connectivity index (χ1v) is 10.4. The highest BCUT2D eigenvalue weighted by Crippen LogP contribution is 2.37. The molecule has 0 aliphatic rings. The van der Waals surface area contributed by atoms with Crippen LogP contribution < -0.4 is 9.73 Å². The van der Waals surface area contributed by atoms with E-state index >= 15 is 0 Å². The van der Waals surface area contributed by atoms with E-state index in [2.05, 4.69) is 10.5 Å². The summed E-state index contributed by atoms with van der Waals surface area (Å²) in [5.74, 6) is -1.36. The van der Waals surface area contributed by atoms with Crippen molar-refractivity contribution in [2.24, 2.45) is 5.10 Å². The molecule has 0 spiro atoms. The summed E-state index contributed by atoms with van der Waals surface area (Å²) in [5.41, 5.74) is 1.31. The molecule has 0 atom stereocenters. The van der Waals surface area contributed by atoms with Crippen molar-refractivity contribution in [3.63, 3.8) is 0 Å². The van der Waals surface area contributed by atoms with Crippen molar-refractivity contribution in [1.29, 1.82) is 0 Å². The first kappa shape index (κ1) is 23.6. The third-order valence-electron chi connectivity index (χ3n) is 3.84. The van der Waals surface area contributed by atoms with Crippen molar-refractivity contribution in [3.8, 4) is 0 Å². The molecular weight excluding hydrogens is 450 g/mol. The number of carbonyl (C=O) groups excluding carboxylic acids is 1. The Morgan fingerprint density at radius 3 is 2.30 bits per heavy atom. The molecule has 6 nitrogen and oxygen atoms in total. The number of nitrogens with one attached hydrogen (secondary N) is 1. The molecular formula is C18H16ClF4N3O3S. The molecule has 0 heterocycles. The number of amides is 1. The minimum atomic E-state index is -4.81. The van der Waals surface area contributed by atoms with E-state index in [1.807, 2.05) is 0 Å². The summed E-state index contributed by atoms with van der Waals surface area (Å²) in [6, 6.07) is 7.74. The molecule has 2 rings (SSSR count). The quantitative estimate of drug-likeness (QED) is 0.400. The first-order chi connectivity index (χ1) is 13.8. The lowest BCUT2D eigenvalue weighted by Crippen LogP contribution is -2.39. The van der Waals surface area contributed by atoms with Gasteiger partial charge in [-0.1, -0.05) is 23.7 Å². The topological polar surface area (TPSA) is 78.8 Å². The number of benzene rings is 2. The lowest BCUT2D eigenvalue weighted by molar-refractivity contribution is -0.137. The summed E-state index contributed by atoms with van der Waals surface area (Å²) in [7, 11) is -4.11. The molecule has 1 amide bonds. The predicted octanol–water partition coefficient (Wildman–Crippen LogP) is 3.80. The monoisotopic (exact) mass is 465 g/mol. The second kappa shape index (κ2) is 9.00. The number of sulfonamides is 1. The number of halogens is 5. The van der Waals surface area contributed by atoms with Crippen LogP contribution in [0.4, 0.5) is 23.2 Å². The van der Waals surface area contributed by atoms with Crippen LogP contribution in [-0.2, 0) is 21.0 Å². The number of alkyl halides is 3. The number of hydrogen-bond donors (Lipinski definition) is 1. The summed E-state index contributed by atoms with van der Waals surface area (Å²) < 4.78 is 76.8. The Morgan fingerprint density at radius 2 is 1.77 bits per heavy atom. The van der Waals surface area contributed by atoms with E-state index in [1.54, 1.807) is 0 Å². The summed E-state index contributed by atoms with van der Waals surface area (Å²) in [6.07, 6.45) is -4.07. The molecule has 1 N–H and O–H groups in total. The van der Waals surface area contributed by atoms with Crippen LogP contribution in [0, 0.1) is 5.82 Å². The number of rotatable bonds is 6. The molecule has 12 heteroatoms. The van der Waals surface area contributed by atoms with Gasteiger partial charge in [0, 0.05) is 0 Å². The van der Waals surface area contributed by atoms with E-state index in [1.165, 1.54) is 31.2 Å². The van der Waals surface area contributed by atoms with Gasteiger partial charge in [-0.15, -0.1) is 0 Å². The second-order valence-corrected chi connectivity index (χ2v) is 8.48. The zero-order chi connectivity index (χ0) is 22.7. The Labute approximate surface area is 175 Å². The smallest absolute Gasteiger partial charge is 0.271 e. The van der Waals surface area contributed by atoms with E-state index in [0.717, 1.165) is 18.4 Å². The number of nitrogens with zero attached hydrogens (tertiary/aromatic N) is 2. The average molecular weight is 466 g/mol.